The monoisotopic (exact) mass is 809 g/mol. The number of hydrogen-bond acceptors (Lipinski definition) is 8. The van der Waals surface area contributed by atoms with Gasteiger partial charge in [0, 0.05) is 92.0 Å². The maximum atomic E-state index is 16.3. The minimum Gasteiger partial charge on any atom is -0.368 e. The number of amides is 2. The number of alkyl halides is 1. The topological polar surface area (TPSA) is 104 Å². The molecule has 1 saturated carbocycles. The van der Waals surface area contributed by atoms with Gasteiger partial charge in [-0.3, -0.25) is 19.6 Å². The Labute approximate surface area is 342 Å². The van der Waals surface area contributed by atoms with Crippen LogP contribution in [0.5, 0.6) is 0 Å². The van der Waals surface area contributed by atoms with E-state index in [2.05, 4.69) is 34.8 Å². The number of nitrogens with one attached hydrogen (secondary N) is 1. The molecule has 5 aromatic rings. The van der Waals surface area contributed by atoms with Crippen molar-refractivity contribution in [2.45, 2.75) is 108 Å². The Balaban J connectivity index is 0.828. The summed E-state index contributed by atoms with van der Waals surface area (Å²) < 4.78 is 36.0. The third kappa shape index (κ3) is 8.14. The molecular formula is C44H53F2N9O2S. The van der Waals surface area contributed by atoms with Crippen LogP contribution in [0.2, 0.25) is 0 Å². The summed E-state index contributed by atoms with van der Waals surface area (Å²) in [6.45, 7) is 4.73. The van der Waals surface area contributed by atoms with Crippen molar-refractivity contribution in [3.63, 3.8) is 0 Å². The first-order valence-corrected chi connectivity index (χ1v) is 22.2. The predicted molar refractivity (Wildman–Crippen MR) is 223 cm³/mol. The Bertz CT molecular complexity index is 2190. The first-order valence-electron chi connectivity index (χ1n) is 21.3. The number of fused-ring (bicyclic) bond motifs is 2. The van der Waals surface area contributed by atoms with Crippen molar-refractivity contribution in [3.05, 3.63) is 77.7 Å². The molecule has 2 amide bonds. The van der Waals surface area contributed by atoms with Crippen LogP contribution in [0, 0.1) is 5.82 Å². The van der Waals surface area contributed by atoms with E-state index >= 15 is 8.78 Å². The summed E-state index contributed by atoms with van der Waals surface area (Å²) in [6.07, 6.45) is 18.0. The fraction of sp³-hybridized carbons (Fsp3) is 0.523. The van der Waals surface area contributed by atoms with Gasteiger partial charge in [-0.1, -0.05) is 62.8 Å². The van der Waals surface area contributed by atoms with Crippen LogP contribution in [0.3, 0.4) is 0 Å². The lowest BCUT2D eigenvalue weighted by molar-refractivity contribution is -0.135. The van der Waals surface area contributed by atoms with Gasteiger partial charge in [0.2, 0.25) is 5.91 Å². The molecule has 306 valence electrons. The van der Waals surface area contributed by atoms with E-state index in [0.29, 0.717) is 72.4 Å². The number of carbonyl (C=O) groups is 2. The fourth-order valence-corrected chi connectivity index (χ4v) is 10.2. The molecule has 0 spiro atoms. The number of halogens is 2. The number of rotatable bonds is 9. The van der Waals surface area contributed by atoms with Crippen LogP contribution in [0.4, 0.5) is 19.6 Å². The maximum Gasteiger partial charge on any atom is 0.257 e. The van der Waals surface area contributed by atoms with E-state index in [1.165, 1.54) is 67.4 Å². The van der Waals surface area contributed by atoms with Crippen molar-refractivity contribution in [2.75, 3.05) is 49.5 Å². The number of nitrogens with zero attached hydrogens (tertiary/aromatic N) is 8. The molecule has 2 saturated heterocycles. The van der Waals surface area contributed by atoms with E-state index < -0.39 is 17.5 Å². The molecule has 2 aromatic carbocycles. The van der Waals surface area contributed by atoms with Crippen LogP contribution >= 0.6 is 11.3 Å². The molecule has 1 N–H and O–H groups in total. The van der Waals surface area contributed by atoms with Gasteiger partial charge in [-0.05, 0) is 56.2 Å². The summed E-state index contributed by atoms with van der Waals surface area (Å²) in [5.74, 6) is -0.881. The summed E-state index contributed by atoms with van der Waals surface area (Å²) in [7, 11) is 0. The van der Waals surface area contributed by atoms with Crippen molar-refractivity contribution < 1.29 is 18.4 Å². The van der Waals surface area contributed by atoms with Gasteiger partial charge in [0.05, 0.1) is 18.4 Å². The highest BCUT2D eigenvalue weighted by molar-refractivity contribution is 7.13. The summed E-state index contributed by atoms with van der Waals surface area (Å²) >= 11 is 1.32. The number of carbonyl (C=O) groups excluding carboxylic acids is 2. The second-order valence-electron chi connectivity index (χ2n) is 16.7. The van der Waals surface area contributed by atoms with Gasteiger partial charge in [-0.15, -0.1) is 11.3 Å². The maximum absolute atomic E-state index is 16.3. The van der Waals surface area contributed by atoms with E-state index in [9.17, 15) is 9.59 Å². The lowest BCUT2D eigenvalue weighted by Gasteiger charge is -2.42. The SMILES string of the molecule is O=C(Nc1nccs1)C(c1ncn2c1CCC2)n1cc2ccc(-c3ccc(N4CCN(C(=O)CC5(F)CCN(C6CCCCCCCC6)CC5)CC4)cc3)c(F)c2n1. The first kappa shape index (κ1) is 38.8. The number of aromatic nitrogens is 5. The summed E-state index contributed by atoms with van der Waals surface area (Å²) in [5.41, 5.74) is 2.46. The number of likely N-dealkylation sites (tertiary alicyclic amines) is 1. The van der Waals surface area contributed by atoms with Crippen molar-refractivity contribution >= 4 is 44.9 Å². The normalized spacial score (nSPS) is 20.0. The molecular weight excluding hydrogens is 757 g/mol. The lowest BCUT2D eigenvalue weighted by Crippen LogP contribution is -2.52. The van der Waals surface area contributed by atoms with Crippen LogP contribution in [0.15, 0.2) is 60.5 Å². The van der Waals surface area contributed by atoms with Crippen LogP contribution in [0.1, 0.15) is 94.5 Å². The van der Waals surface area contributed by atoms with E-state index in [1.807, 2.05) is 35.2 Å². The van der Waals surface area contributed by atoms with Crippen LogP contribution in [0.25, 0.3) is 22.0 Å². The zero-order valence-corrected chi connectivity index (χ0v) is 33.9. The number of thiazole rings is 1. The molecule has 11 nitrogen and oxygen atoms in total. The van der Waals surface area contributed by atoms with Crippen molar-refractivity contribution in [3.8, 4) is 11.1 Å². The van der Waals surface area contributed by atoms with E-state index in [1.54, 1.807) is 30.2 Å². The summed E-state index contributed by atoms with van der Waals surface area (Å²) in [6, 6.07) is 11.0. The highest BCUT2D eigenvalue weighted by Gasteiger charge is 2.40. The number of piperazine rings is 1. The van der Waals surface area contributed by atoms with Crippen molar-refractivity contribution in [1.82, 2.24) is 34.1 Å². The highest BCUT2D eigenvalue weighted by atomic mass is 32.1. The predicted octanol–water partition coefficient (Wildman–Crippen LogP) is 8.02. The highest BCUT2D eigenvalue weighted by Crippen LogP contribution is 2.35. The molecule has 14 heteroatoms. The molecule has 6 heterocycles. The second kappa shape index (κ2) is 16.9. The Hall–Kier alpha value is -4.69. The fourth-order valence-electron chi connectivity index (χ4n) is 9.68. The quantitative estimate of drug-likeness (QED) is 0.161. The Morgan fingerprint density at radius 2 is 1.62 bits per heavy atom. The molecule has 1 aliphatic carbocycles. The minimum atomic E-state index is -1.42. The molecule has 1 unspecified atom stereocenters. The second-order valence-corrected chi connectivity index (χ2v) is 17.6. The first-order chi connectivity index (χ1) is 28.3. The van der Waals surface area contributed by atoms with Gasteiger partial charge in [0.25, 0.3) is 5.91 Å². The Kier molecular flexibility index (Phi) is 11.3. The number of anilines is 2. The largest absolute Gasteiger partial charge is 0.368 e. The summed E-state index contributed by atoms with van der Waals surface area (Å²) in [5, 5.41) is 10.4. The molecule has 58 heavy (non-hydrogen) atoms. The van der Waals surface area contributed by atoms with Crippen molar-refractivity contribution in [2.24, 2.45) is 0 Å². The smallest absolute Gasteiger partial charge is 0.257 e. The van der Waals surface area contributed by atoms with Crippen LogP contribution in [-0.4, -0.2) is 96.9 Å². The van der Waals surface area contributed by atoms with Gasteiger partial charge in [0.15, 0.2) is 17.0 Å². The number of piperidine rings is 1. The minimum absolute atomic E-state index is 0.0275. The van der Waals surface area contributed by atoms with E-state index in [-0.39, 0.29) is 23.8 Å². The van der Waals surface area contributed by atoms with E-state index in [0.717, 1.165) is 43.9 Å². The van der Waals surface area contributed by atoms with Crippen LogP contribution in [-0.2, 0) is 22.6 Å². The average Bonchev–Trinajstić information content (AvgIpc) is 4.07. The molecule has 0 radical (unpaired) electrons. The number of hydrogen-bond donors (Lipinski definition) is 1. The molecule has 3 aromatic heterocycles. The standard InChI is InChI=1S/C44H53F2N9O2S/c45-38-35(16-13-32-29-55(50-39(32)38)41(42(57)49-43-47-19-27-58-43)40-36-10-7-20-54(36)30-48-40)31-11-14-34(15-12-31)52-23-25-53(26-24-52)37(56)28-44(46)17-21-51(22-18-44)33-8-5-3-1-2-4-6-9-33/h11-16,19,27,29-30,33,41H,1-10,17-18,20-26,28H2,(H,47,49,57). The van der Waals surface area contributed by atoms with Gasteiger partial charge in [-0.2, -0.15) is 5.10 Å². The Morgan fingerprint density at radius 3 is 2.34 bits per heavy atom. The third-order valence-electron chi connectivity index (χ3n) is 13.0. The number of imidazole rings is 1. The lowest BCUT2D eigenvalue weighted by atomic mass is 9.87. The summed E-state index contributed by atoms with van der Waals surface area (Å²) in [4.78, 5) is 42.5. The molecule has 0 bridgehead atoms. The van der Waals surface area contributed by atoms with Crippen LogP contribution < -0.4 is 10.2 Å². The number of aryl methyl sites for hydroxylation is 1. The Morgan fingerprint density at radius 1 is 0.879 bits per heavy atom. The molecule has 1 atom stereocenters. The molecule has 3 aliphatic heterocycles. The average molecular weight is 810 g/mol. The van der Waals surface area contributed by atoms with Crippen molar-refractivity contribution in [1.29, 1.82) is 0 Å². The molecule has 4 aliphatic rings. The number of benzene rings is 2. The molecule has 9 rings (SSSR count). The van der Waals surface area contributed by atoms with Gasteiger partial charge >= 0.3 is 0 Å². The zero-order valence-electron chi connectivity index (χ0n) is 33.1. The van der Waals surface area contributed by atoms with Gasteiger partial charge in [0.1, 0.15) is 11.2 Å². The van der Waals surface area contributed by atoms with Gasteiger partial charge < -0.3 is 19.3 Å². The van der Waals surface area contributed by atoms with Gasteiger partial charge in [-0.25, -0.2) is 18.7 Å². The third-order valence-corrected chi connectivity index (χ3v) is 13.7. The zero-order chi connectivity index (χ0) is 39.6. The molecule has 3 fully saturated rings. The van der Waals surface area contributed by atoms with E-state index in [4.69, 9.17) is 0 Å².